The molecule has 0 heterocycles. The molecule has 0 saturated carbocycles. The van der Waals surface area contributed by atoms with E-state index in [1.54, 1.807) is 24.3 Å². The average molecular weight is 191 g/mol. The molecule has 0 aromatic heterocycles. The first-order valence-corrected chi connectivity index (χ1v) is 3.98. The molecule has 0 aliphatic carbocycles. The van der Waals surface area contributed by atoms with Crippen LogP contribution in [0.3, 0.4) is 0 Å². The Labute approximate surface area is 80.6 Å². The summed E-state index contributed by atoms with van der Waals surface area (Å²) in [5.41, 5.74) is 9.71. The summed E-state index contributed by atoms with van der Waals surface area (Å²) < 4.78 is 0. The van der Waals surface area contributed by atoms with Crippen LogP contribution in [0.25, 0.3) is 10.4 Å². The maximum Gasteiger partial charge on any atom is 0.316 e. The fourth-order valence-corrected chi connectivity index (χ4v) is 1.06. The minimum atomic E-state index is -1.15. The lowest BCUT2D eigenvalue weighted by Gasteiger charge is -2.05. The highest BCUT2D eigenvalue weighted by molar-refractivity contribution is 5.75. The summed E-state index contributed by atoms with van der Waals surface area (Å²) in [7, 11) is 0. The van der Waals surface area contributed by atoms with Crippen LogP contribution in [0.15, 0.2) is 29.4 Å². The second-order valence-electron chi connectivity index (χ2n) is 2.86. The molecule has 14 heavy (non-hydrogen) atoms. The number of aryl methyl sites for hydroxylation is 1. The fraction of sp³-hybridized carbons (Fsp3) is 0.222. The monoisotopic (exact) mass is 191 g/mol. The standard InChI is InChI=1S/C9H9N3O2/c1-6-2-4-7(5-3-6)8(9(13)14)11-12-10/h2-5,8H,1H3,(H,13,14)/t8-/m1/s1. The number of hydrogen-bond acceptors (Lipinski definition) is 2. The zero-order chi connectivity index (χ0) is 10.6. The van der Waals surface area contributed by atoms with E-state index in [0.29, 0.717) is 5.56 Å². The fourth-order valence-electron chi connectivity index (χ4n) is 1.06. The molecule has 0 spiro atoms. The van der Waals surface area contributed by atoms with Crippen molar-refractivity contribution in [3.8, 4) is 0 Å². The van der Waals surface area contributed by atoms with E-state index in [1.165, 1.54) is 0 Å². The van der Waals surface area contributed by atoms with Crippen LogP contribution in [0.4, 0.5) is 0 Å². The Balaban J connectivity index is 3.05. The van der Waals surface area contributed by atoms with Gasteiger partial charge in [0.15, 0.2) is 6.04 Å². The molecule has 0 radical (unpaired) electrons. The summed E-state index contributed by atoms with van der Waals surface area (Å²) in [6.45, 7) is 1.90. The highest BCUT2D eigenvalue weighted by Crippen LogP contribution is 2.18. The minimum Gasteiger partial charge on any atom is -0.481 e. The van der Waals surface area contributed by atoms with E-state index < -0.39 is 12.0 Å². The topological polar surface area (TPSA) is 86.1 Å². The van der Waals surface area contributed by atoms with Crippen molar-refractivity contribution >= 4 is 5.97 Å². The van der Waals surface area contributed by atoms with Gasteiger partial charge >= 0.3 is 5.97 Å². The van der Waals surface area contributed by atoms with Gasteiger partial charge in [0.05, 0.1) is 0 Å². The van der Waals surface area contributed by atoms with Gasteiger partial charge in [0.2, 0.25) is 0 Å². The summed E-state index contributed by atoms with van der Waals surface area (Å²) in [4.78, 5) is 13.2. The van der Waals surface area contributed by atoms with Gasteiger partial charge in [-0.05, 0) is 18.0 Å². The van der Waals surface area contributed by atoms with Crippen molar-refractivity contribution in [2.75, 3.05) is 0 Å². The first-order valence-electron chi connectivity index (χ1n) is 3.98. The van der Waals surface area contributed by atoms with Crippen molar-refractivity contribution < 1.29 is 9.90 Å². The highest BCUT2D eigenvalue weighted by atomic mass is 16.4. The molecule has 1 atom stereocenters. The number of nitrogens with zero attached hydrogens (tertiary/aromatic N) is 3. The Morgan fingerprint density at radius 1 is 1.50 bits per heavy atom. The number of carboxylic acid groups (broad SMARTS) is 1. The Morgan fingerprint density at radius 3 is 2.50 bits per heavy atom. The molecule has 1 rings (SSSR count). The molecular weight excluding hydrogens is 182 g/mol. The molecule has 0 aliphatic heterocycles. The number of carboxylic acids is 1. The van der Waals surface area contributed by atoms with E-state index in [9.17, 15) is 4.79 Å². The van der Waals surface area contributed by atoms with E-state index in [1.807, 2.05) is 6.92 Å². The molecule has 0 bridgehead atoms. The van der Waals surface area contributed by atoms with Gasteiger partial charge in [-0.15, -0.1) is 0 Å². The lowest BCUT2D eigenvalue weighted by atomic mass is 10.1. The molecule has 5 nitrogen and oxygen atoms in total. The third kappa shape index (κ3) is 2.24. The lowest BCUT2D eigenvalue weighted by molar-refractivity contribution is -0.138. The van der Waals surface area contributed by atoms with Crippen LogP contribution in [0.2, 0.25) is 0 Å². The van der Waals surface area contributed by atoms with Crippen LogP contribution < -0.4 is 0 Å². The van der Waals surface area contributed by atoms with Gasteiger partial charge in [0.25, 0.3) is 0 Å². The van der Waals surface area contributed by atoms with Crippen LogP contribution in [0.5, 0.6) is 0 Å². The van der Waals surface area contributed by atoms with Crippen LogP contribution in [0, 0.1) is 6.92 Å². The van der Waals surface area contributed by atoms with E-state index in [2.05, 4.69) is 10.0 Å². The van der Waals surface area contributed by atoms with Crippen molar-refractivity contribution in [1.29, 1.82) is 0 Å². The van der Waals surface area contributed by atoms with Gasteiger partial charge in [-0.3, -0.25) is 4.79 Å². The number of aliphatic carboxylic acids is 1. The molecule has 5 heteroatoms. The van der Waals surface area contributed by atoms with Gasteiger partial charge < -0.3 is 5.11 Å². The molecule has 0 amide bonds. The smallest absolute Gasteiger partial charge is 0.316 e. The molecule has 0 unspecified atom stereocenters. The van der Waals surface area contributed by atoms with E-state index in [0.717, 1.165) is 5.56 Å². The second-order valence-corrected chi connectivity index (χ2v) is 2.86. The van der Waals surface area contributed by atoms with Crippen molar-refractivity contribution in [3.05, 3.63) is 45.8 Å². The third-order valence-electron chi connectivity index (χ3n) is 1.79. The van der Waals surface area contributed by atoms with Crippen molar-refractivity contribution in [2.45, 2.75) is 13.0 Å². The van der Waals surface area contributed by atoms with Crippen LogP contribution in [-0.4, -0.2) is 11.1 Å². The predicted octanol–water partition coefficient (Wildman–Crippen LogP) is 2.43. The highest BCUT2D eigenvalue weighted by Gasteiger charge is 2.17. The molecule has 72 valence electrons. The maximum atomic E-state index is 10.7. The molecule has 1 aromatic carbocycles. The van der Waals surface area contributed by atoms with E-state index in [-0.39, 0.29) is 0 Å². The molecule has 0 aliphatic rings. The van der Waals surface area contributed by atoms with Crippen molar-refractivity contribution in [1.82, 2.24) is 0 Å². The SMILES string of the molecule is Cc1ccc([C@@H](N=[N+]=[N-])C(=O)O)cc1. The largest absolute Gasteiger partial charge is 0.481 e. The van der Waals surface area contributed by atoms with Gasteiger partial charge in [0, 0.05) is 4.91 Å². The van der Waals surface area contributed by atoms with Crippen LogP contribution in [0.1, 0.15) is 17.2 Å². The van der Waals surface area contributed by atoms with Crippen LogP contribution in [-0.2, 0) is 4.79 Å². The summed E-state index contributed by atoms with van der Waals surface area (Å²) in [6.07, 6.45) is 0. The predicted molar refractivity (Wildman–Crippen MR) is 50.7 cm³/mol. The molecule has 0 saturated heterocycles. The Kier molecular flexibility index (Phi) is 3.09. The van der Waals surface area contributed by atoms with E-state index >= 15 is 0 Å². The third-order valence-corrected chi connectivity index (χ3v) is 1.79. The lowest BCUT2D eigenvalue weighted by Crippen LogP contribution is -2.08. The van der Waals surface area contributed by atoms with Gasteiger partial charge in [0.1, 0.15) is 0 Å². The summed E-state index contributed by atoms with van der Waals surface area (Å²) in [5.74, 6) is -1.15. The first-order chi connectivity index (χ1) is 6.65. The Hall–Kier alpha value is -2.00. The van der Waals surface area contributed by atoms with Gasteiger partial charge in [-0.2, -0.15) is 0 Å². The number of carbonyl (C=O) groups is 1. The Morgan fingerprint density at radius 2 is 2.07 bits per heavy atom. The van der Waals surface area contributed by atoms with Gasteiger partial charge in [-0.1, -0.05) is 34.9 Å². The Bertz CT molecular complexity index is 378. The zero-order valence-corrected chi connectivity index (χ0v) is 7.58. The second kappa shape index (κ2) is 4.30. The molecule has 1 aromatic rings. The quantitative estimate of drug-likeness (QED) is 0.452. The maximum absolute atomic E-state index is 10.7. The number of azide groups is 1. The van der Waals surface area contributed by atoms with Gasteiger partial charge in [-0.25, -0.2) is 0 Å². The summed E-state index contributed by atoms with van der Waals surface area (Å²) in [5, 5.41) is 12.0. The van der Waals surface area contributed by atoms with Crippen molar-refractivity contribution in [2.24, 2.45) is 5.11 Å². The van der Waals surface area contributed by atoms with Crippen molar-refractivity contribution in [3.63, 3.8) is 0 Å². The van der Waals surface area contributed by atoms with Crippen LogP contribution >= 0.6 is 0 Å². The zero-order valence-electron chi connectivity index (χ0n) is 7.58. The first kappa shape index (κ1) is 10.1. The van der Waals surface area contributed by atoms with E-state index in [4.69, 9.17) is 10.6 Å². The normalized spacial score (nSPS) is 11.5. The average Bonchev–Trinajstić information content (AvgIpc) is 2.15. The number of rotatable bonds is 3. The minimum absolute atomic E-state index is 0.487. The summed E-state index contributed by atoms with van der Waals surface area (Å²) >= 11 is 0. The summed E-state index contributed by atoms with van der Waals surface area (Å²) in [6, 6.07) is 5.70. The number of benzene rings is 1. The molecular formula is C9H9N3O2. The molecule has 1 N–H and O–H groups in total. The molecule has 0 fully saturated rings. The number of hydrogen-bond donors (Lipinski definition) is 1.